The molecule has 0 spiro atoms. The first-order valence-electron chi connectivity index (χ1n) is 11.1. The SMILES string of the molecule is Cc1cc(Cl)cc(C(=O)NC2(C)CC2)c1NC(=O)c1cc(OC2CSC2)nn1-c1ncccc1Cl. The molecule has 1 saturated carbocycles. The van der Waals surface area contributed by atoms with E-state index in [9.17, 15) is 9.59 Å². The third-order valence-corrected chi connectivity index (χ3v) is 7.68. The van der Waals surface area contributed by atoms with E-state index in [0.717, 1.165) is 24.3 Å². The molecule has 35 heavy (non-hydrogen) atoms. The van der Waals surface area contributed by atoms with Gasteiger partial charge in [-0.15, -0.1) is 5.10 Å². The number of amides is 2. The van der Waals surface area contributed by atoms with Crippen molar-refractivity contribution in [3.63, 3.8) is 0 Å². The Hall–Kier alpha value is -2.75. The molecule has 1 aromatic carbocycles. The van der Waals surface area contributed by atoms with Gasteiger partial charge in [-0.25, -0.2) is 9.67 Å². The van der Waals surface area contributed by atoms with Crippen LogP contribution >= 0.6 is 35.0 Å². The number of ether oxygens (including phenoxy) is 1. The van der Waals surface area contributed by atoms with Crippen LogP contribution in [0.3, 0.4) is 0 Å². The van der Waals surface area contributed by atoms with Crippen molar-refractivity contribution in [2.75, 3.05) is 16.8 Å². The zero-order valence-corrected chi connectivity index (χ0v) is 21.4. The quantitative estimate of drug-likeness (QED) is 0.449. The lowest BCUT2D eigenvalue weighted by Crippen LogP contribution is -2.35. The van der Waals surface area contributed by atoms with Crippen LogP contribution in [0, 0.1) is 6.92 Å². The molecule has 2 amide bonds. The Morgan fingerprint density at radius 1 is 1.20 bits per heavy atom. The molecule has 2 fully saturated rings. The molecular formula is C24H23Cl2N5O3S. The van der Waals surface area contributed by atoms with E-state index < -0.39 is 5.91 Å². The Morgan fingerprint density at radius 3 is 2.63 bits per heavy atom. The van der Waals surface area contributed by atoms with Crippen molar-refractivity contribution in [1.29, 1.82) is 0 Å². The molecule has 5 rings (SSSR count). The van der Waals surface area contributed by atoms with E-state index in [-0.39, 0.29) is 23.2 Å². The maximum absolute atomic E-state index is 13.5. The number of thioether (sulfide) groups is 1. The molecule has 182 valence electrons. The van der Waals surface area contributed by atoms with Gasteiger partial charge < -0.3 is 15.4 Å². The molecule has 0 radical (unpaired) electrons. The van der Waals surface area contributed by atoms with Gasteiger partial charge in [-0.2, -0.15) is 11.8 Å². The summed E-state index contributed by atoms with van der Waals surface area (Å²) >= 11 is 14.4. The van der Waals surface area contributed by atoms with Crippen LogP contribution in [0.1, 0.15) is 46.2 Å². The van der Waals surface area contributed by atoms with Gasteiger partial charge in [0.25, 0.3) is 11.8 Å². The highest BCUT2D eigenvalue weighted by Gasteiger charge is 2.39. The summed E-state index contributed by atoms with van der Waals surface area (Å²) in [5, 5.41) is 11.1. The molecule has 1 aliphatic heterocycles. The lowest BCUT2D eigenvalue weighted by Gasteiger charge is -2.24. The predicted octanol–water partition coefficient (Wildman–Crippen LogP) is 4.91. The molecule has 1 aliphatic carbocycles. The van der Waals surface area contributed by atoms with Gasteiger partial charge in [-0.3, -0.25) is 9.59 Å². The third kappa shape index (κ3) is 5.12. The Balaban J connectivity index is 1.50. The fourth-order valence-electron chi connectivity index (χ4n) is 3.65. The monoisotopic (exact) mass is 531 g/mol. The van der Waals surface area contributed by atoms with Crippen molar-refractivity contribution >= 4 is 52.5 Å². The summed E-state index contributed by atoms with van der Waals surface area (Å²) < 4.78 is 7.27. The molecule has 3 heterocycles. The van der Waals surface area contributed by atoms with Gasteiger partial charge in [-0.1, -0.05) is 23.2 Å². The topological polar surface area (TPSA) is 98.1 Å². The summed E-state index contributed by atoms with van der Waals surface area (Å²) in [5.41, 5.74) is 1.26. The predicted molar refractivity (Wildman–Crippen MR) is 137 cm³/mol. The number of hydrogen-bond acceptors (Lipinski definition) is 6. The normalized spacial score (nSPS) is 16.3. The van der Waals surface area contributed by atoms with E-state index in [0.29, 0.717) is 38.6 Å². The standard InChI is InChI=1S/C24H23Cl2N5O3S/c1-13-8-14(25)9-16(22(32)29-24(2)5-6-24)20(13)28-23(33)18-10-19(34-15-11-35-12-15)30-31(18)21-17(26)4-3-7-27-21/h3-4,7-10,15H,5-6,11-12H2,1-2H3,(H,28,33)(H,29,32). The van der Waals surface area contributed by atoms with Crippen molar-refractivity contribution in [2.45, 2.75) is 38.3 Å². The number of aromatic nitrogens is 3. The fraction of sp³-hybridized carbons (Fsp3) is 0.333. The first-order valence-corrected chi connectivity index (χ1v) is 13.0. The Morgan fingerprint density at radius 2 is 1.97 bits per heavy atom. The zero-order chi connectivity index (χ0) is 24.7. The van der Waals surface area contributed by atoms with Crippen molar-refractivity contribution in [1.82, 2.24) is 20.1 Å². The lowest BCUT2D eigenvalue weighted by molar-refractivity contribution is 0.0936. The molecule has 3 aromatic rings. The summed E-state index contributed by atoms with van der Waals surface area (Å²) in [7, 11) is 0. The fourth-order valence-corrected chi connectivity index (χ4v) is 4.68. The number of nitrogens with zero attached hydrogens (tertiary/aromatic N) is 3. The number of aryl methyl sites for hydroxylation is 1. The van der Waals surface area contributed by atoms with E-state index in [1.54, 1.807) is 55.2 Å². The van der Waals surface area contributed by atoms with Gasteiger partial charge >= 0.3 is 0 Å². The van der Waals surface area contributed by atoms with E-state index in [4.69, 9.17) is 27.9 Å². The van der Waals surface area contributed by atoms with Crippen LogP contribution in [0.4, 0.5) is 5.69 Å². The number of nitrogens with one attached hydrogen (secondary N) is 2. The first-order chi connectivity index (χ1) is 16.7. The van der Waals surface area contributed by atoms with Crippen LogP contribution in [0.5, 0.6) is 5.88 Å². The number of anilines is 1. The van der Waals surface area contributed by atoms with Crippen LogP contribution < -0.4 is 15.4 Å². The van der Waals surface area contributed by atoms with Gasteiger partial charge in [0.2, 0.25) is 5.88 Å². The second kappa shape index (κ2) is 9.37. The lowest BCUT2D eigenvalue weighted by atomic mass is 10.1. The zero-order valence-electron chi connectivity index (χ0n) is 19.1. The van der Waals surface area contributed by atoms with Crippen molar-refractivity contribution < 1.29 is 14.3 Å². The number of pyridine rings is 1. The molecule has 2 aromatic heterocycles. The maximum atomic E-state index is 13.5. The maximum Gasteiger partial charge on any atom is 0.274 e. The number of hydrogen-bond donors (Lipinski definition) is 2. The molecule has 0 atom stereocenters. The molecule has 0 unspecified atom stereocenters. The summed E-state index contributed by atoms with van der Waals surface area (Å²) in [6, 6.07) is 8.17. The molecule has 1 saturated heterocycles. The number of rotatable bonds is 7. The highest BCUT2D eigenvalue weighted by molar-refractivity contribution is 8.00. The molecule has 8 nitrogen and oxygen atoms in total. The number of halogens is 2. The van der Waals surface area contributed by atoms with Gasteiger partial charge in [-0.05, 0) is 56.5 Å². The second-order valence-electron chi connectivity index (χ2n) is 8.98. The van der Waals surface area contributed by atoms with E-state index in [1.807, 2.05) is 6.92 Å². The average molecular weight is 532 g/mol. The Labute approximate surface area is 216 Å². The van der Waals surface area contributed by atoms with Gasteiger partial charge in [0.15, 0.2) is 5.82 Å². The minimum Gasteiger partial charge on any atom is -0.472 e. The summed E-state index contributed by atoms with van der Waals surface area (Å²) in [4.78, 5) is 30.9. The molecule has 0 bridgehead atoms. The smallest absolute Gasteiger partial charge is 0.274 e. The molecule has 2 N–H and O–H groups in total. The van der Waals surface area contributed by atoms with E-state index in [1.165, 1.54) is 4.68 Å². The van der Waals surface area contributed by atoms with Crippen molar-refractivity contribution in [3.8, 4) is 11.7 Å². The molecular weight excluding hydrogens is 509 g/mol. The van der Waals surface area contributed by atoms with E-state index >= 15 is 0 Å². The minimum atomic E-state index is -0.492. The molecule has 2 aliphatic rings. The minimum absolute atomic E-state index is 0.0380. The van der Waals surface area contributed by atoms with Crippen molar-refractivity contribution in [3.05, 3.63) is 63.4 Å². The highest BCUT2D eigenvalue weighted by atomic mass is 35.5. The van der Waals surface area contributed by atoms with Crippen LogP contribution in [0.2, 0.25) is 10.0 Å². The van der Waals surface area contributed by atoms with Crippen LogP contribution in [-0.2, 0) is 0 Å². The van der Waals surface area contributed by atoms with Gasteiger partial charge in [0.05, 0.1) is 16.3 Å². The second-order valence-corrected chi connectivity index (χ2v) is 10.9. The Bertz CT molecular complexity index is 1320. The summed E-state index contributed by atoms with van der Waals surface area (Å²) in [6.45, 7) is 3.77. The Kier molecular flexibility index (Phi) is 6.41. The van der Waals surface area contributed by atoms with Crippen LogP contribution in [0.15, 0.2) is 36.5 Å². The van der Waals surface area contributed by atoms with E-state index in [2.05, 4.69) is 20.7 Å². The number of carbonyl (C=O) groups is 2. The highest BCUT2D eigenvalue weighted by Crippen LogP contribution is 2.36. The summed E-state index contributed by atoms with van der Waals surface area (Å²) in [6.07, 6.45) is 3.42. The third-order valence-electron chi connectivity index (χ3n) is 5.95. The largest absolute Gasteiger partial charge is 0.472 e. The first kappa shape index (κ1) is 24.0. The van der Waals surface area contributed by atoms with Crippen LogP contribution in [-0.4, -0.2) is 49.7 Å². The van der Waals surface area contributed by atoms with Gasteiger partial charge in [0.1, 0.15) is 11.8 Å². The summed E-state index contributed by atoms with van der Waals surface area (Å²) in [5.74, 6) is 1.53. The van der Waals surface area contributed by atoms with Gasteiger partial charge in [0, 0.05) is 34.3 Å². The number of benzene rings is 1. The molecule has 11 heteroatoms. The van der Waals surface area contributed by atoms with Crippen molar-refractivity contribution in [2.24, 2.45) is 0 Å². The average Bonchev–Trinajstić information content (AvgIpc) is 3.35. The van der Waals surface area contributed by atoms with Crippen LogP contribution in [0.25, 0.3) is 5.82 Å². The number of carbonyl (C=O) groups excluding carboxylic acids is 2.